The van der Waals surface area contributed by atoms with Gasteiger partial charge in [-0.1, -0.05) is 12.0 Å². The van der Waals surface area contributed by atoms with E-state index >= 15 is 4.39 Å². The lowest BCUT2D eigenvalue weighted by molar-refractivity contribution is 0.132. The third kappa shape index (κ3) is 5.49. The van der Waals surface area contributed by atoms with E-state index in [4.69, 9.17) is 20.9 Å². The van der Waals surface area contributed by atoms with Gasteiger partial charge in [-0.2, -0.15) is 9.97 Å². The van der Waals surface area contributed by atoms with E-state index in [0.29, 0.717) is 43.9 Å². The Kier molecular flexibility index (Phi) is 7.70. The van der Waals surface area contributed by atoms with Crippen LogP contribution in [0.4, 0.5) is 23.4 Å². The molecule has 9 nitrogen and oxygen atoms in total. The largest absolute Gasteiger partial charge is 0.508 e. The molecule has 6 unspecified atom stereocenters. The molecule has 2 saturated carbocycles. The summed E-state index contributed by atoms with van der Waals surface area (Å²) in [5.41, 5.74) is -0.514. The number of terminal acetylenes is 1. The fourth-order valence-electron chi connectivity index (χ4n) is 9.08. The lowest BCUT2D eigenvalue weighted by atomic mass is 9.95. The number of phenols is 1. The van der Waals surface area contributed by atoms with Crippen LogP contribution in [0.25, 0.3) is 32.9 Å². The van der Waals surface area contributed by atoms with Gasteiger partial charge in [0.15, 0.2) is 5.82 Å². The topological polar surface area (TPSA) is 95.9 Å². The third-order valence-corrected chi connectivity index (χ3v) is 11.7. The first-order valence-corrected chi connectivity index (χ1v) is 17.7. The summed E-state index contributed by atoms with van der Waals surface area (Å²) in [7, 11) is 1.43. The summed E-state index contributed by atoms with van der Waals surface area (Å²) in [6, 6.07) is 5.86. The van der Waals surface area contributed by atoms with E-state index in [9.17, 15) is 18.3 Å². The Morgan fingerprint density at radius 1 is 1.04 bits per heavy atom. The molecule has 5 fully saturated rings. The second kappa shape index (κ2) is 12.1. The highest BCUT2D eigenvalue weighted by molar-refractivity contribution is 6.04. The normalized spacial score (nSPS) is 28.0. The molecule has 0 radical (unpaired) electrons. The number of rotatable bonds is 8. The highest BCUT2D eigenvalue weighted by atomic mass is 19.2. The van der Waals surface area contributed by atoms with E-state index in [1.165, 1.54) is 31.4 Å². The molecule has 0 spiro atoms. The van der Waals surface area contributed by atoms with Crippen LogP contribution in [-0.2, 0) is 0 Å². The number of piperazine rings is 1. The van der Waals surface area contributed by atoms with E-state index in [1.54, 1.807) is 0 Å². The van der Waals surface area contributed by atoms with Crippen molar-refractivity contribution in [2.75, 3.05) is 51.3 Å². The van der Waals surface area contributed by atoms with Crippen molar-refractivity contribution in [3.63, 3.8) is 0 Å². The SMILES string of the molecule is C#Cc1c(F)ccc2cc(O)cc(-c3nc(OC)c4c(N5CC6CCC(C5)N6)nc(OCC5(CN6CC7CC(F)C(F)C7C6)CC5)nc4c3F)c12. The molecule has 2 aromatic carbocycles. The number of likely N-dealkylation sites (tertiary alicyclic amines) is 1. The molecule has 2 aliphatic carbocycles. The van der Waals surface area contributed by atoms with Crippen molar-refractivity contribution in [2.45, 2.75) is 56.5 Å². The molecule has 5 aliphatic rings. The Morgan fingerprint density at radius 3 is 2.53 bits per heavy atom. The number of benzene rings is 2. The van der Waals surface area contributed by atoms with Crippen molar-refractivity contribution in [1.29, 1.82) is 0 Å². The molecule has 266 valence electrons. The number of aromatic hydroxyl groups is 1. The van der Waals surface area contributed by atoms with Crippen molar-refractivity contribution < 1.29 is 32.1 Å². The van der Waals surface area contributed by atoms with Gasteiger partial charge in [-0.25, -0.2) is 22.5 Å². The van der Waals surface area contributed by atoms with E-state index in [-0.39, 0.29) is 93.1 Å². The number of methoxy groups -OCH3 is 1. The molecular formula is C38H38F4N6O3. The fraction of sp³-hybridized carbons (Fsp3) is 0.500. The van der Waals surface area contributed by atoms with Crippen LogP contribution < -0.4 is 19.7 Å². The summed E-state index contributed by atoms with van der Waals surface area (Å²) in [6.07, 6.45) is 7.05. The average Bonchev–Trinajstić information content (AvgIpc) is 3.54. The molecule has 9 rings (SSSR count). The maximum atomic E-state index is 17.1. The standard InChI is InChI=1S/C38H38F4N6O3/c1-3-24-27(39)7-4-19-10-23(49)12-25(29(19)24)33-32(42)34-30(36(44-33)50-2)35(48-14-21-5-6-22(15-48)43-21)46-37(45-34)51-18-38(8-9-38)17-47-13-20-11-28(40)31(41)26(20)16-47/h1,4,7,10,12,20-22,26,28,31,43,49H,5-6,8-9,11,13-18H2,2H3. The van der Waals surface area contributed by atoms with Crippen LogP contribution in [-0.4, -0.2) is 95.8 Å². The maximum Gasteiger partial charge on any atom is 0.319 e. The number of hydrogen-bond acceptors (Lipinski definition) is 9. The van der Waals surface area contributed by atoms with Crippen LogP contribution in [0.15, 0.2) is 24.3 Å². The number of nitrogens with zero attached hydrogens (tertiary/aromatic N) is 5. The summed E-state index contributed by atoms with van der Waals surface area (Å²) >= 11 is 0. The lowest BCUT2D eigenvalue weighted by Crippen LogP contribution is -2.51. The number of ether oxygens (including phenoxy) is 2. The van der Waals surface area contributed by atoms with Crippen LogP contribution in [0, 0.1) is 41.2 Å². The Bertz CT molecular complexity index is 2090. The van der Waals surface area contributed by atoms with Gasteiger partial charge >= 0.3 is 6.01 Å². The van der Waals surface area contributed by atoms with Crippen molar-refractivity contribution >= 4 is 27.5 Å². The Labute approximate surface area is 292 Å². The van der Waals surface area contributed by atoms with Crippen molar-refractivity contribution in [2.24, 2.45) is 17.3 Å². The van der Waals surface area contributed by atoms with Crippen molar-refractivity contribution in [3.8, 4) is 41.2 Å². The molecule has 51 heavy (non-hydrogen) atoms. The van der Waals surface area contributed by atoms with Crippen LogP contribution in [0.2, 0.25) is 0 Å². The molecule has 2 N–H and O–H groups in total. The number of aromatic nitrogens is 3. The second-order valence-corrected chi connectivity index (χ2v) is 15.1. The van der Waals surface area contributed by atoms with E-state index in [0.717, 1.165) is 25.7 Å². The maximum absolute atomic E-state index is 17.1. The predicted octanol–water partition coefficient (Wildman–Crippen LogP) is 5.55. The third-order valence-electron chi connectivity index (χ3n) is 11.7. The first-order valence-electron chi connectivity index (χ1n) is 17.7. The number of alkyl halides is 2. The highest BCUT2D eigenvalue weighted by Crippen LogP contribution is 2.50. The quantitative estimate of drug-likeness (QED) is 0.181. The van der Waals surface area contributed by atoms with Crippen LogP contribution in [0.5, 0.6) is 17.6 Å². The number of phenolic OH excluding ortho intramolecular Hbond substituents is 1. The highest BCUT2D eigenvalue weighted by Gasteiger charge is 2.52. The minimum atomic E-state index is -1.41. The summed E-state index contributed by atoms with van der Waals surface area (Å²) in [4.78, 5) is 18.4. The first-order chi connectivity index (χ1) is 24.6. The van der Waals surface area contributed by atoms with E-state index in [1.807, 2.05) is 0 Å². The Hall–Kier alpha value is -4.41. The summed E-state index contributed by atoms with van der Waals surface area (Å²) in [6.45, 7) is 3.44. The summed E-state index contributed by atoms with van der Waals surface area (Å²) < 4.78 is 72.6. The molecule has 6 atom stereocenters. The number of hydrogen-bond donors (Lipinski definition) is 2. The molecule has 5 heterocycles. The number of fused-ring (bicyclic) bond motifs is 5. The monoisotopic (exact) mass is 702 g/mol. The second-order valence-electron chi connectivity index (χ2n) is 15.1. The van der Waals surface area contributed by atoms with Gasteiger partial charge in [0.1, 0.15) is 46.3 Å². The molecule has 3 saturated heterocycles. The van der Waals surface area contributed by atoms with Gasteiger partial charge in [0, 0.05) is 67.1 Å². The van der Waals surface area contributed by atoms with Gasteiger partial charge < -0.3 is 29.7 Å². The average molecular weight is 703 g/mol. The van der Waals surface area contributed by atoms with Crippen LogP contribution in [0.3, 0.4) is 0 Å². The lowest BCUT2D eigenvalue weighted by Gasteiger charge is -2.34. The molecule has 0 amide bonds. The van der Waals surface area contributed by atoms with Gasteiger partial charge in [-0.3, -0.25) is 0 Å². The Morgan fingerprint density at radius 2 is 1.82 bits per heavy atom. The fourth-order valence-corrected chi connectivity index (χ4v) is 9.08. The van der Waals surface area contributed by atoms with E-state index in [2.05, 4.69) is 31.0 Å². The minimum Gasteiger partial charge on any atom is -0.508 e. The Balaban J connectivity index is 1.12. The van der Waals surface area contributed by atoms with Crippen molar-refractivity contribution in [3.05, 3.63) is 41.5 Å². The summed E-state index contributed by atoms with van der Waals surface area (Å²) in [5.74, 6) is 0.958. The number of nitrogens with one attached hydrogen (secondary N) is 1. The molecule has 2 bridgehead atoms. The van der Waals surface area contributed by atoms with Gasteiger partial charge in [0.05, 0.1) is 19.3 Å². The van der Waals surface area contributed by atoms with Crippen molar-refractivity contribution in [1.82, 2.24) is 25.2 Å². The molecular weight excluding hydrogens is 664 g/mol. The summed E-state index contributed by atoms with van der Waals surface area (Å²) in [5, 5.41) is 15.2. The van der Waals surface area contributed by atoms with Crippen LogP contribution >= 0.6 is 0 Å². The van der Waals surface area contributed by atoms with Gasteiger partial charge in [-0.15, -0.1) is 6.42 Å². The van der Waals surface area contributed by atoms with Gasteiger partial charge in [-0.05, 0) is 61.6 Å². The van der Waals surface area contributed by atoms with E-state index < -0.39 is 24.0 Å². The minimum absolute atomic E-state index is 0.00809. The zero-order chi connectivity index (χ0) is 35.2. The van der Waals surface area contributed by atoms with Gasteiger partial charge in [0.25, 0.3) is 0 Å². The molecule has 4 aromatic rings. The number of halogens is 4. The van der Waals surface area contributed by atoms with Crippen LogP contribution in [0.1, 0.15) is 37.7 Å². The first kappa shape index (κ1) is 32.5. The molecule has 3 aliphatic heterocycles. The molecule has 13 heteroatoms. The molecule has 2 aromatic heterocycles. The number of pyridine rings is 1. The zero-order valence-electron chi connectivity index (χ0n) is 28.1. The predicted molar refractivity (Wildman–Crippen MR) is 183 cm³/mol. The zero-order valence-corrected chi connectivity index (χ0v) is 28.1. The smallest absolute Gasteiger partial charge is 0.319 e. The van der Waals surface area contributed by atoms with Gasteiger partial charge in [0.2, 0.25) is 5.88 Å². The number of anilines is 1.